The zero-order valence-electron chi connectivity index (χ0n) is 20.5. The van der Waals surface area contributed by atoms with Crippen LogP contribution in [0.1, 0.15) is 39.4 Å². The van der Waals surface area contributed by atoms with Crippen molar-refractivity contribution in [1.82, 2.24) is 4.72 Å². The summed E-state index contributed by atoms with van der Waals surface area (Å²) in [6.45, 7) is 8.01. The lowest BCUT2D eigenvalue weighted by molar-refractivity contribution is 0.239. The van der Waals surface area contributed by atoms with Gasteiger partial charge in [-0.2, -0.15) is 5.26 Å². The highest BCUT2D eigenvalue weighted by atomic mass is 32.2. The van der Waals surface area contributed by atoms with Crippen molar-refractivity contribution < 1.29 is 17.9 Å². The number of rotatable bonds is 12. The average molecular weight is 496 g/mol. The average Bonchev–Trinajstić information content (AvgIpc) is 3.33. The van der Waals surface area contributed by atoms with E-state index in [2.05, 4.69) is 47.7 Å². The molecule has 0 fully saturated rings. The van der Waals surface area contributed by atoms with Crippen molar-refractivity contribution in [1.29, 1.82) is 5.26 Å². The number of allylic oxidation sites excluding steroid dienone is 1. The molecule has 0 radical (unpaired) electrons. The summed E-state index contributed by atoms with van der Waals surface area (Å²) in [7, 11) is -4.00. The molecular weight excluding hydrogens is 462 g/mol. The van der Waals surface area contributed by atoms with E-state index in [-0.39, 0.29) is 24.8 Å². The van der Waals surface area contributed by atoms with Crippen LogP contribution < -0.4 is 9.62 Å². The van der Waals surface area contributed by atoms with E-state index in [1.165, 1.54) is 11.8 Å². The molecule has 35 heavy (non-hydrogen) atoms. The van der Waals surface area contributed by atoms with E-state index in [1.807, 2.05) is 12.1 Å². The van der Waals surface area contributed by atoms with Crippen LogP contribution in [-0.2, 0) is 10.0 Å². The van der Waals surface area contributed by atoms with Crippen LogP contribution in [0.15, 0.2) is 57.9 Å². The molecule has 0 saturated carbocycles. The zero-order valence-corrected chi connectivity index (χ0v) is 21.3. The van der Waals surface area contributed by atoms with Gasteiger partial charge < -0.3 is 14.4 Å². The molecule has 0 aliphatic rings. The van der Waals surface area contributed by atoms with Crippen LogP contribution in [0.2, 0.25) is 0 Å². The molecule has 0 spiro atoms. The molecule has 1 heterocycles. The fraction of sp³-hybridized carbons (Fsp3) is 0.370. The van der Waals surface area contributed by atoms with Gasteiger partial charge in [-0.1, -0.05) is 39.0 Å². The Morgan fingerprint density at radius 2 is 1.80 bits per heavy atom. The van der Waals surface area contributed by atoms with Crippen molar-refractivity contribution in [3.63, 3.8) is 0 Å². The Balaban J connectivity index is 1.84. The van der Waals surface area contributed by atoms with Crippen molar-refractivity contribution in [2.45, 2.75) is 33.6 Å². The first kappa shape index (κ1) is 26.5. The lowest BCUT2D eigenvalue weighted by Crippen LogP contribution is -2.30. The Kier molecular flexibility index (Phi) is 9.10. The highest BCUT2D eigenvalue weighted by molar-refractivity contribution is 7.93. The second kappa shape index (κ2) is 12.0. The van der Waals surface area contributed by atoms with Crippen LogP contribution in [0.3, 0.4) is 0 Å². The first-order chi connectivity index (χ1) is 16.8. The minimum Gasteiger partial charge on any atom is -0.457 e. The van der Waals surface area contributed by atoms with Gasteiger partial charge in [0, 0.05) is 43.6 Å². The van der Waals surface area contributed by atoms with Crippen LogP contribution in [0.4, 0.5) is 5.69 Å². The topological polar surface area (TPSA) is 107 Å². The zero-order chi connectivity index (χ0) is 25.4. The molecule has 0 aliphatic carbocycles. The Morgan fingerprint density at radius 1 is 1.11 bits per heavy atom. The summed E-state index contributed by atoms with van der Waals surface area (Å²) in [5.41, 5.74) is 2.08. The highest BCUT2D eigenvalue weighted by Gasteiger charge is 2.19. The smallest absolute Gasteiger partial charge is 0.250 e. The van der Waals surface area contributed by atoms with Crippen molar-refractivity contribution in [3.8, 4) is 17.4 Å². The van der Waals surface area contributed by atoms with E-state index in [1.54, 1.807) is 25.1 Å². The van der Waals surface area contributed by atoms with E-state index >= 15 is 0 Å². The lowest BCUT2D eigenvalue weighted by atomic mass is 10.0. The lowest BCUT2D eigenvalue weighted by Gasteiger charge is -2.24. The summed E-state index contributed by atoms with van der Waals surface area (Å²) in [6, 6.07) is 17.6. The van der Waals surface area contributed by atoms with Crippen LogP contribution >= 0.6 is 0 Å². The summed E-state index contributed by atoms with van der Waals surface area (Å²) < 4.78 is 33.1. The van der Waals surface area contributed by atoms with Crippen LogP contribution in [0.25, 0.3) is 28.2 Å². The number of nitrogens with one attached hydrogen (secondary N) is 1. The van der Waals surface area contributed by atoms with E-state index < -0.39 is 14.9 Å². The number of aliphatic hydroxyl groups is 1. The van der Waals surface area contributed by atoms with Crippen molar-refractivity contribution in [2.75, 3.05) is 31.1 Å². The molecule has 2 N–H and O–H groups in total. The summed E-state index contributed by atoms with van der Waals surface area (Å²) >= 11 is 0. The van der Waals surface area contributed by atoms with E-state index in [4.69, 9.17) is 9.52 Å². The Hall–Kier alpha value is -3.12. The SMILES string of the molecule is CCCN(CCC)c1ccc2cc(-c3ccc(/C=C(\C#N)S(=O)(=O)NCC(C)CO)o3)ccc2c1. The first-order valence-electron chi connectivity index (χ1n) is 11.9. The second-order valence-corrected chi connectivity index (χ2v) is 10.4. The number of hydrogen-bond donors (Lipinski definition) is 2. The fourth-order valence-electron chi connectivity index (χ4n) is 3.77. The molecule has 0 saturated heterocycles. The Bertz CT molecular complexity index is 1320. The second-order valence-electron chi connectivity index (χ2n) is 8.70. The molecule has 1 unspecified atom stereocenters. The van der Waals surface area contributed by atoms with Crippen LogP contribution in [0, 0.1) is 17.2 Å². The van der Waals surface area contributed by atoms with E-state index in [9.17, 15) is 13.7 Å². The molecule has 0 bridgehead atoms. The third kappa shape index (κ3) is 6.73. The molecule has 7 nitrogen and oxygen atoms in total. The number of nitriles is 1. The van der Waals surface area contributed by atoms with Gasteiger partial charge in [-0.3, -0.25) is 0 Å². The van der Waals surface area contributed by atoms with Crippen molar-refractivity contribution in [2.24, 2.45) is 5.92 Å². The van der Waals surface area contributed by atoms with Crippen LogP contribution in [-0.4, -0.2) is 39.8 Å². The molecule has 186 valence electrons. The number of fused-ring (bicyclic) bond motifs is 1. The molecule has 1 aromatic heterocycles. The third-order valence-electron chi connectivity index (χ3n) is 5.69. The van der Waals surface area contributed by atoms with Gasteiger partial charge in [-0.25, -0.2) is 13.1 Å². The first-order valence-corrected chi connectivity index (χ1v) is 13.4. The predicted molar refractivity (Wildman–Crippen MR) is 141 cm³/mol. The molecule has 0 aliphatic heterocycles. The Morgan fingerprint density at radius 3 is 2.46 bits per heavy atom. The minimum absolute atomic E-state index is 0.0364. The van der Waals surface area contributed by atoms with Gasteiger partial charge in [-0.05, 0) is 59.9 Å². The largest absolute Gasteiger partial charge is 0.457 e. The van der Waals surface area contributed by atoms with Gasteiger partial charge in [-0.15, -0.1) is 0 Å². The van der Waals surface area contributed by atoms with Crippen LogP contribution in [0.5, 0.6) is 0 Å². The van der Waals surface area contributed by atoms with Gasteiger partial charge >= 0.3 is 0 Å². The van der Waals surface area contributed by atoms with Gasteiger partial charge in [0.15, 0.2) is 4.91 Å². The van der Waals surface area contributed by atoms with E-state index in [0.717, 1.165) is 42.3 Å². The minimum atomic E-state index is -4.00. The van der Waals surface area contributed by atoms with E-state index in [0.29, 0.717) is 5.76 Å². The summed E-state index contributed by atoms with van der Waals surface area (Å²) in [6.07, 6.45) is 3.40. The number of hydrogen-bond acceptors (Lipinski definition) is 6. The Labute approximate surface area is 207 Å². The molecule has 2 aromatic carbocycles. The third-order valence-corrected chi connectivity index (χ3v) is 7.03. The van der Waals surface area contributed by atoms with Gasteiger partial charge in [0.2, 0.25) is 0 Å². The molecule has 1 atom stereocenters. The van der Waals surface area contributed by atoms with Gasteiger partial charge in [0.05, 0.1) is 0 Å². The molecule has 3 rings (SSSR count). The number of furan rings is 1. The summed E-state index contributed by atoms with van der Waals surface area (Å²) in [4.78, 5) is 1.96. The molecule has 8 heteroatoms. The fourth-order valence-corrected chi connectivity index (χ4v) is 4.82. The van der Waals surface area contributed by atoms with Crippen molar-refractivity contribution >= 4 is 32.6 Å². The number of anilines is 1. The number of sulfonamides is 1. The van der Waals surface area contributed by atoms with Crippen molar-refractivity contribution in [3.05, 3.63) is 59.2 Å². The monoisotopic (exact) mass is 495 g/mol. The number of nitrogens with zero attached hydrogens (tertiary/aromatic N) is 2. The highest BCUT2D eigenvalue weighted by Crippen LogP contribution is 2.29. The predicted octanol–water partition coefficient (Wildman–Crippen LogP) is 5.14. The molecule has 3 aromatic rings. The number of aliphatic hydroxyl groups excluding tert-OH is 1. The summed E-state index contributed by atoms with van der Waals surface area (Å²) in [5.74, 6) is 0.588. The maximum atomic E-state index is 12.4. The molecule has 0 amide bonds. The maximum Gasteiger partial charge on any atom is 0.250 e. The quantitative estimate of drug-likeness (QED) is 0.337. The number of benzene rings is 2. The van der Waals surface area contributed by atoms with Gasteiger partial charge in [0.1, 0.15) is 17.6 Å². The molecular formula is C27H33N3O4S. The normalized spacial score (nSPS) is 13.1. The summed E-state index contributed by atoms with van der Waals surface area (Å²) in [5, 5.41) is 20.7. The van der Waals surface area contributed by atoms with Gasteiger partial charge in [0.25, 0.3) is 10.0 Å². The maximum absolute atomic E-state index is 12.4. The standard InChI is InChI=1S/C27H33N3O4S/c1-4-12-30(13-5-2)24-9-8-21-14-23(7-6-22(21)15-24)27-11-10-25(34-27)16-26(17-28)35(32,33)29-18-20(3)19-31/h6-11,14-16,20,29,31H,4-5,12-13,18-19H2,1-3H3/b26-16+.